The van der Waals surface area contributed by atoms with E-state index >= 15 is 0 Å². The van der Waals surface area contributed by atoms with E-state index in [1.165, 1.54) is 24.1 Å². The van der Waals surface area contributed by atoms with E-state index in [1.54, 1.807) is 61.5 Å². The molecule has 3 aromatic rings. The van der Waals surface area contributed by atoms with Gasteiger partial charge in [0.15, 0.2) is 0 Å². The van der Waals surface area contributed by atoms with Crippen molar-refractivity contribution in [3.63, 3.8) is 0 Å². The largest absolute Gasteiger partial charge is 0.497 e. The monoisotopic (exact) mass is 633 g/mol. The van der Waals surface area contributed by atoms with Gasteiger partial charge in [0, 0.05) is 34.8 Å². The van der Waals surface area contributed by atoms with E-state index in [9.17, 15) is 18.0 Å². The van der Waals surface area contributed by atoms with Crippen LogP contribution in [0.3, 0.4) is 0 Å². The van der Waals surface area contributed by atoms with E-state index in [0.717, 1.165) is 9.87 Å². The van der Waals surface area contributed by atoms with Gasteiger partial charge in [-0.3, -0.25) is 13.9 Å². The number of anilines is 1. The number of amides is 2. The number of benzene rings is 3. The van der Waals surface area contributed by atoms with Gasteiger partial charge in [0.05, 0.1) is 17.7 Å². The van der Waals surface area contributed by atoms with E-state index in [1.807, 2.05) is 20.8 Å². The summed E-state index contributed by atoms with van der Waals surface area (Å²) in [5.41, 5.74) is 1.58. The molecule has 8 nitrogen and oxygen atoms in total. The lowest BCUT2D eigenvalue weighted by atomic mass is 10.1. The molecule has 0 aliphatic rings. The third-order valence-corrected chi connectivity index (χ3v) is 9.19. The predicted molar refractivity (Wildman–Crippen MR) is 168 cm³/mol. The van der Waals surface area contributed by atoms with E-state index in [2.05, 4.69) is 5.32 Å². The SMILES string of the molecule is CCC(C(=O)NCC(C)C)N(Cc1c(Cl)cccc1Cl)C(=O)CN(c1cccc(OC)c1)S(=O)(=O)c1ccc(C)cc1. The zero-order valence-electron chi connectivity index (χ0n) is 24.4. The van der Waals surface area contributed by atoms with Crippen molar-refractivity contribution in [1.29, 1.82) is 0 Å². The molecule has 0 spiro atoms. The van der Waals surface area contributed by atoms with Crippen LogP contribution in [-0.2, 0) is 26.2 Å². The topological polar surface area (TPSA) is 96.0 Å². The molecule has 226 valence electrons. The second-order valence-corrected chi connectivity index (χ2v) is 13.0. The summed E-state index contributed by atoms with van der Waals surface area (Å²) >= 11 is 12.9. The number of rotatable bonds is 13. The Morgan fingerprint density at radius 3 is 2.17 bits per heavy atom. The molecule has 42 heavy (non-hydrogen) atoms. The number of hydrogen-bond acceptors (Lipinski definition) is 5. The number of ether oxygens (including phenoxy) is 1. The molecule has 0 aliphatic heterocycles. The Hall–Kier alpha value is -3.27. The fourth-order valence-electron chi connectivity index (χ4n) is 4.33. The van der Waals surface area contributed by atoms with Crippen molar-refractivity contribution in [3.05, 3.63) is 87.9 Å². The molecule has 0 aliphatic carbocycles. The Morgan fingerprint density at radius 2 is 1.60 bits per heavy atom. The standard InChI is InChI=1S/C31H37Cl2N3O5S/c1-6-29(31(38)34-18-21(2)3)35(19-26-27(32)11-8-12-28(26)33)30(37)20-36(23-9-7-10-24(17-23)41-5)42(39,40)25-15-13-22(4)14-16-25/h7-17,21,29H,6,18-20H2,1-5H3,(H,34,38). The molecule has 0 saturated carbocycles. The van der Waals surface area contributed by atoms with Gasteiger partial charge in [-0.2, -0.15) is 0 Å². The van der Waals surface area contributed by atoms with Crippen molar-refractivity contribution in [2.24, 2.45) is 5.92 Å². The van der Waals surface area contributed by atoms with Gasteiger partial charge in [-0.25, -0.2) is 8.42 Å². The zero-order valence-corrected chi connectivity index (χ0v) is 26.8. The summed E-state index contributed by atoms with van der Waals surface area (Å²) in [4.78, 5) is 28.9. The van der Waals surface area contributed by atoms with Gasteiger partial charge in [0.25, 0.3) is 10.0 Å². The number of nitrogens with zero attached hydrogens (tertiary/aromatic N) is 2. The van der Waals surface area contributed by atoms with Crippen molar-refractivity contribution in [2.45, 2.75) is 51.6 Å². The number of sulfonamides is 1. The van der Waals surface area contributed by atoms with Crippen LogP contribution >= 0.6 is 23.2 Å². The van der Waals surface area contributed by atoms with Crippen LogP contribution in [0.25, 0.3) is 0 Å². The number of nitrogens with one attached hydrogen (secondary N) is 1. The Balaban J connectivity index is 2.11. The lowest BCUT2D eigenvalue weighted by Gasteiger charge is -2.33. The fourth-order valence-corrected chi connectivity index (χ4v) is 6.25. The van der Waals surface area contributed by atoms with Crippen molar-refractivity contribution in [1.82, 2.24) is 10.2 Å². The number of hydrogen-bond donors (Lipinski definition) is 1. The molecule has 0 bridgehead atoms. The summed E-state index contributed by atoms with van der Waals surface area (Å²) in [6, 6.07) is 16.9. The van der Waals surface area contributed by atoms with E-state index in [0.29, 0.717) is 27.9 Å². The average molecular weight is 635 g/mol. The minimum atomic E-state index is -4.21. The maximum atomic E-state index is 14.2. The highest BCUT2D eigenvalue weighted by molar-refractivity contribution is 7.92. The van der Waals surface area contributed by atoms with Gasteiger partial charge in [-0.15, -0.1) is 0 Å². The van der Waals surface area contributed by atoms with Crippen LogP contribution in [0.1, 0.15) is 38.3 Å². The average Bonchev–Trinajstić information content (AvgIpc) is 2.96. The molecule has 2 amide bonds. The Kier molecular flexibility index (Phi) is 11.7. The maximum Gasteiger partial charge on any atom is 0.264 e. The molecule has 3 rings (SSSR count). The molecule has 0 radical (unpaired) electrons. The summed E-state index contributed by atoms with van der Waals surface area (Å²) in [6.07, 6.45) is 0.279. The maximum absolute atomic E-state index is 14.2. The van der Waals surface area contributed by atoms with Gasteiger partial charge in [-0.05, 0) is 55.7 Å². The Labute approximate surface area is 258 Å². The first kappa shape index (κ1) is 33.2. The highest BCUT2D eigenvalue weighted by Crippen LogP contribution is 2.30. The molecule has 0 heterocycles. The fraction of sp³-hybridized carbons (Fsp3) is 0.355. The van der Waals surface area contributed by atoms with Crippen LogP contribution in [0.15, 0.2) is 71.6 Å². The van der Waals surface area contributed by atoms with Crippen LogP contribution in [0, 0.1) is 12.8 Å². The molecule has 0 saturated heterocycles. The minimum absolute atomic E-state index is 0.0196. The molecule has 11 heteroatoms. The smallest absolute Gasteiger partial charge is 0.264 e. The van der Waals surface area contributed by atoms with Crippen LogP contribution in [0.4, 0.5) is 5.69 Å². The van der Waals surface area contributed by atoms with Crippen LogP contribution < -0.4 is 14.4 Å². The molecule has 1 atom stereocenters. The third kappa shape index (κ3) is 8.18. The molecule has 1 unspecified atom stereocenters. The summed E-state index contributed by atoms with van der Waals surface area (Å²) in [6.45, 7) is 7.32. The molecule has 0 aromatic heterocycles. The summed E-state index contributed by atoms with van der Waals surface area (Å²) in [5, 5.41) is 3.55. The van der Waals surface area contributed by atoms with Crippen LogP contribution in [0.2, 0.25) is 10.0 Å². The zero-order chi connectivity index (χ0) is 31.0. The van der Waals surface area contributed by atoms with Crippen molar-refractivity contribution >= 4 is 50.7 Å². The molecule has 0 fully saturated rings. The summed E-state index contributed by atoms with van der Waals surface area (Å²) in [7, 11) is -2.74. The van der Waals surface area contributed by atoms with Crippen molar-refractivity contribution in [2.75, 3.05) is 24.5 Å². The van der Waals surface area contributed by atoms with Gasteiger partial charge >= 0.3 is 0 Å². The number of methoxy groups -OCH3 is 1. The first-order valence-corrected chi connectivity index (χ1v) is 15.8. The third-order valence-electron chi connectivity index (χ3n) is 6.69. The highest BCUT2D eigenvalue weighted by atomic mass is 35.5. The summed E-state index contributed by atoms with van der Waals surface area (Å²) < 4.78 is 34.4. The molecule has 1 N–H and O–H groups in total. The molecule has 3 aromatic carbocycles. The molecular formula is C31H37Cl2N3O5S. The first-order chi connectivity index (χ1) is 19.9. The van der Waals surface area contributed by atoms with Gasteiger partial charge < -0.3 is 15.0 Å². The summed E-state index contributed by atoms with van der Waals surface area (Å²) in [5.74, 6) is -0.340. The lowest BCUT2D eigenvalue weighted by molar-refractivity contribution is -0.140. The lowest BCUT2D eigenvalue weighted by Crippen LogP contribution is -2.52. The minimum Gasteiger partial charge on any atom is -0.497 e. The first-order valence-electron chi connectivity index (χ1n) is 13.6. The molecular weight excluding hydrogens is 597 g/mol. The number of halogens is 2. The van der Waals surface area contributed by atoms with Gasteiger partial charge in [0.1, 0.15) is 18.3 Å². The second kappa shape index (κ2) is 14.8. The Morgan fingerprint density at radius 1 is 0.976 bits per heavy atom. The highest BCUT2D eigenvalue weighted by Gasteiger charge is 2.34. The van der Waals surface area contributed by atoms with Crippen molar-refractivity contribution < 1.29 is 22.7 Å². The number of carbonyl (C=O) groups is 2. The second-order valence-electron chi connectivity index (χ2n) is 10.3. The van der Waals surface area contributed by atoms with Gasteiger partial charge in [-0.1, -0.05) is 73.8 Å². The number of aryl methyl sites for hydroxylation is 1. The van der Waals surface area contributed by atoms with E-state index < -0.39 is 28.5 Å². The van der Waals surface area contributed by atoms with Crippen LogP contribution in [0.5, 0.6) is 5.75 Å². The Bertz CT molecular complexity index is 1480. The van der Waals surface area contributed by atoms with Crippen molar-refractivity contribution in [3.8, 4) is 5.75 Å². The normalized spacial score (nSPS) is 12.1. The number of carbonyl (C=O) groups excluding carboxylic acids is 2. The van der Waals surface area contributed by atoms with Crippen LogP contribution in [-0.4, -0.2) is 51.4 Å². The van der Waals surface area contributed by atoms with E-state index in [4.69, 9.17) is 27.9 Å². The van der Waals surface area contributed by atoms with Gasteiger partial charge in [0.2, 0.25) is 11.8 Å². The van der Waals surface area contributed by atoms with E-state index in [-0.39, 0.29) is 35.4 Å². The predicted octanol–water partition coefficient (Wildman–Crippen LogP) is 6.09. The quantitative estimate of drug-likeness (QED) is 0.246.